The molecule has 86 valence electrons. The zero-order chi connectivity index (χ0) is 11.8. The van der Waals surface area contributed by atoms with Gasteiger partial charge in [0.05, 0.1) is 18.3 Å². The van der Waals surface area contributed by atoms with Gasteiger partial charge in [0, 0.05) is 0 Å². The third-order valence-electron chi connectivity index (χ3n) is 2.18. The molecule has 1 saturated heterocycles. The van der Waals surface area contributed by atoms with Crippen molar-refractivity contribution in [3.05, 3.63) is 0 Å². The second-order valence-electron chi connectivity index (χ2n) is 3.19. The van der Waals surface area contributed by atoms with Crippen LogP contribution in [0.2, 0.25) is 0 Å². The molecule has 0 radical (unpaired) electrons. The predicted molar refractivity (Wildman–Crippen MR) is 54.1 cm³/mol. The van der Waals surface area contributed by atoms with Gasteiger partial charge in [-0.25, -0.2) is 22.4 Å². The van der Waals surface area contributed by atoms with E-state index in [0.29, 0.717) is 4.31 Å². The molecule has 8 heteroatoms. The third-order valence-corrected chi connectivity index (χ3v) is 4.07. The zero-order valence-electron chi connectivity index (χ0n) is 8.31. The Balaban J connectivity index is 3.02. The summed E-state index contributed by atoms with van der Waals surface area (Å²) in [6, 6.07) is -1.40. The summed E-state index contributed by atoms with van der Waals surface area (Å²) in [5.74, 6) is -0.185. The van der Waals surface area contributed by atoms with Crippen LogP contribution in [0.25, 0.3) is 0 Å². The summed E-state index contributed by atoms with van der Waals surface area (Å²) in [6.45, 7) is 2.95. The van der Waals surface area contributed by atoms with E-state index in [-0.39, 0.29) is 12.3 Å². The Hall–Kier alpha value is -0.820. The van der Waals surface area contributed by atoms with E-state index >= 15 is 0 Å². The van der Waals surface area contributed by atoms with Crippen LogP contribution in [-0.4, -0.2) is 47.4 Å². The molecule has 0 bridgehead atoms. The van der Waals surface area contributed by atoms with Crippen LogP contribution in [0.15, 0.2) is 0 Å². The molecule has 1 rings (SSSR count). The highest BCUT2D eigenvalue weighted by atomic mass is 35.5. The van der Waals surface area contributed by atoms with Crippen molar-refractivity contribution in [2.24, 2.45) is 0 Å². The lowest BCUT2D eigenvalue weighted by molar-refractivity contribution is 0.200. The SMILES string of the molecule is CCS(=O)(=O)N1CC(C)N(C(=O)Cl)C1=O. The van der Waals surface area contributed by atoms with Crippen molar-refractivity contribution in [2.75, 3.05) is 12.3 Å². The molecule has 0 aliphatic carbocycles. The summed E-state index contributed by atoms with van der Waals surface area (Å²) < 4.78 is 23.6. The van der Waals surface area contributed by atoms with E-state index in [2.05, 4.69) is 0 Å². The van der Waals surface area contributed by atoms with E-state index in [9.17, 15) is 18.0 Å². The van der Waals surface area contributed by atoms with Crippen LogP contribution in [0, 0.1) is 0 Å². The van der Waals surface area contributed by atoms with E-state index in [4.69, 9.17) is 11.6 Å². The molecule has 1 fully saturated rings. The standard InChI is InChI=1S/C7H11ClN2O4S/c1-3-15(13,14)9-4-5(2)10(6(8)11)7(9)12/h5H,3-4H2,1-2H3. The number of hydrogen-bond acceptors (Lipinski definition) is 4. The number of urea groups is 1. The summed E-state index contributed by atoms with van der Waals surface area (Å²) in [7, 11) is -3.62. The molecule has 3 amide bonds. The van der Waals surface area contributed by atoms with Crippen molar-refractivity contribution in [3.63, 3.8) is 0 Å². The van der Waals surface area contributed by atoms with E-state index < -0.39 is 27.5 Å². The fourth-order valence-corrected chi connectivity index (χ4v) is 2.66. The van der Waals surface area contributed by atoms with Crippen LogP contribution in [0.5, 0.6) is 0 Å². The molecule has 1 atom stereocenters. The highest BCUT2D eigenvalue weighted by Crippen LogP contribution is 2.20. The van der Waals surface area contributed by atoms with E-state index in [1.807, 2.05) is 0 Å². The number of hydrogen-bond donors (Lipinski definition) is 0. The van der Waals surface area contributed by atoms with Crippen LogP contribution in [-0.2, 0) is 10.0 Å². The van der Waals surface area contributed by atoms with E-state index in [1.54, 1.807) is 6.92 Å². The molecule has 0 spiro atoms. The zero-order valence-corrected chi connectivity index (χ0v) is 9.88. The molecule has 0 aromatic carbocycles. The summed E-state index contributed by atoms with van der Waals surface area (Å²) in [5, 5.41) is -0.957. The largest absolute Gasteiger partial charge is 0.341 e. The molecule has 1 heterocycles. The monoisotopic (exact) mass is 254 g/mol. The van der Waals surface area contributed by atoms with Crippen LogP contribution < -0.4 is 0 Å². The first-order valence-electron chi connectivity index (χ1n) is 4.34. The first kappa shape index (κ1) is 12.3. The number of carbonyl (C=O) groups excluding carboxylic acids is 2. The lowest BCUT2D eigenvalue weighted by Crippen LogP contribution is -2.38. The topological polar surface area (TPSA) is 74.8 Å². The van der Waals surface area contributed by atoms with Gasteiger partial charge in [0.2, 0.25) is 10.0 Å². The van der Waals surface area contributed by atoms with Gasteiger partial charge in [-0.05, 0) is 25.4 Å². The summed E-state index contributed by atoms with van der Waals surface area (Å²) in [5.41, 5.74) is 0. The average molecular weight is 255 g/mol. The quantitative estimate of drug-likeness (QED) is 0.540. The van der Waals surface area contributed by atoms with Crippen molar-refractivity contribution in [1.29, 1.82) is 0 Å². The lowest BCUT2D eigenvalue weighted by atomic mass is 10.3. The Labute approximate surface area is 92.8 Å². The fraction of sp³-hybridized carbons (Fsp3) is 0.714. The minimum absolute atomic E-state index is 0.0343. The molecule has 0 aromatic heterocycles. The van der Waals surface area contributed by atoms with Gasteiger partial charge >= 0.3 is 11.4 Å². The normalized spacial score (nSPS) is 22.3. The maximum absolute atomic E-state index is 11.5. The maximum atomic E-state index is 11.5. The van der Waals surface area contributed by atoms with Crippen molar-refractivity contribution < 1.29 is 18.0 Å². The van der Waals surface area contributed by atoms with Gasteiger partial charge < -0.3 is 0 Å². The van der Waals surface area contributed by atoms with Crippen LogP contribution >= 0.6 is 11.6 Å². The molecule has 0 N–H and O–H groups in total. The second-order valence-corrected chi connectivity index (χ2v) is 5.69. The van der Waals surface area contributed by atoms with Gasteiger partial charge in [-0.3, -0.25) is 4.79 Å². The summed E-state index contributed by atoms with van der Waals surface area (Å²) in [6.07, 6.45) is 0. The first-order chi connectivity index (χ1) is 6.81. The highest BCUT2D eigenvalue weighted by molar-refractivity contribution is 7.89. The minimum Gasteiger partial charge on any atom is -0.255 e. The van der Waals surface area contributed by atoms with Crippen LogP contribution in [0.3, 0.4) is 0 Å². The fourth-order valence-electron chi connectivity index (χ4n) is 1.35. The molecular formula is C7H11ClN2O4S. The number of amides is 3. The van der Waals surface area contributed by atoms with Crippen molar-refractivity contribution >= 4 is 33.0 Å². The van der Waals surface area contributed by atoms with Crippen LogP contribution in [0.4, 0.5) is 9.59 Å². The molecule has 1 unspecified atom stereocenters. The number of imide groups is 1. The van der Waals surface area contributed by atoms with Crippen molar-refractivity contribution in [1.82, 2.24) is 9.21 Å². The number of halogens is 1. The molecule has 6 nitrogen and oxygen atoms in total. The van der Waals surface area contributed by atoms with Gasteiger partial charge in [-0.15, -0.1) is 0 Å². The third kappa shape index (κ3) is 2.07. The Morgan fingerprint density at radius 2 is 2.13 bits per heavy atom. The number of nitrogens with zero attached hydrogens (tertiary/aromatic N) is 2. The highest BCUT2D eigenvalue weighted by Gasteiger charge is 2.43. The smallest absolute Gasteiger partial charge is 0.255 e. The molecule has 0 aromatic rings. The number of rotatable bonds is 2. The maximum Gasteiger partial charge on any atom is 0.341 e. The van der Waals surface area contributed by atoms with Crippen LogP contribution in [0.1, 0.15) is 13.8 Å². The number of carbonyl (C=O) groups is 2. The Bertz CT molecular complexity index is 394. The Morgan fingerprint density at radius 3 is 2.47 bits per heavy atom. The van der Waals surface area contributed by atoms with Gasteiger partial charge in [0.25, 0.3) is 0 Å². The van der Waals surface area contributed by atoms with Gasteiger partial charge in [-0.1, -0.05) is 0 Å². The van der Waals surface area contributed by atoms with Gasteiger partial charge in [0.1, 0.15) is 0 Å². The first-order valence-corrected chi connectivity index (χ1v) is 6.33. The lowest BCUT2D eigenvalue weighted by Gasteiger charge is -2.15. The molecule has 1 aliphatic heterocycles. The van der Waals surface area contributed by atoms with Gasteiger partial charge in [-0.2, -0.15) is 0 Å². The summed E-state index contributed by atoms with van der Waals surface area (Å²) in [4.78, 5) is 23.1. The minimum atomic E-state index is -3.62. The van der Waals surface area contributed by atoms with E-state index in [1.165, 1.54) is 6.92 Å². The Kier molecular flexibility index (Phi) is 3.25. The molecule has 1 aliphatic rings. The average Bonchev–Trinajstić information content (AvgIpc) is 2.42. The van der Waals surface area contributed by atoms with Gasteiger partial charge in [0.15, 0.2) is 0 Å². The predicted octanol–water partition coefficient (Wildman–Crippen LogP) is 0.821. The molecule has 15 heavy (non-hydrogen) atoms. The number of sulfonamides is 1. The molecular weight excluding hydrogens is 244 g/mol. The summed E-state index contributed by atoms with van der Waals surface area (Å²) >= 11 is 5.18. The second kappa shape index (κ2) is 3.97. The van der Waals surface area contributed by atoms with Crippen molar-refractivity contribution in [2.45, 2.75) is 19.9 Å². The van der Waals surface area contributed by atoms with Crippen molar-refractivity contribution in [3.8, 4) is 0 Å². The van der Waals surface area contributed by atoms with E-state index in [0.717, 1.165) is 4.90 Å². The molecule has 0 saturated carbocycles. The Morgan fingerprint density at radius 1 is 1.60 bits per heavy atom.